The van der Waals surface area contributed by atoms with Crippen molar-refractivity contribution in [1.29, 1.82) is 0 Å². The van der Waals surface area contributed by atoms with Crippen LogP contribution in [0.25, 0.3) is 0 Å². The Morgan fingerprint density at radius 3 is 2.61 bits per heavy atom. The Hall–Kier alpha value is -1.27. The topological polar surface area (TPSA) is 41.5 Å². The summed E-state index contributed by atoms with van der Waals surface area (Å²) in [7, 11) is 0. The van der Waals surface area contributed by atoms with E-state index in [1.165, 1.54) is 18.2 Å². The van der Waals surface area contributed by atoms with Crippen molar-refractivity contribution < 1.29 is 23.0 Å². The number of aliphatic hydroxyl groups excluding tert-OH is 1. The number of benzene rings is 1. The number of rotatable bonds is 5. The van der Waals surface area contributed by atoms with Crippen molar-refractivity contribution in [1.82, 2.24) is 5.32 Å². The maximum Gasteiger partial charge on any atom is 0.573 e. The lowest BCUT2D eigenvalue weighted by Gasteiger charge is -2.15. The lowest BCUT2D eigenvalue weighted by atomic mass is 10.2. The molecule has 1 aliphatic carbocycles. The fourth-order valence-corrected chi connectivity index (χ4v) is 1.68. The molecule has 0 aliphatic heterocycles. The molecule has 6 heteroatoms. The van der Waals surface area contributed by atoms with Crippen molar-refractivity contribution in [3.8, 4) is 5.75 Å². The van der Waals surface area contributed by atoms with Crippen molar-refractivity contribution >= 4 is 0 Å². The van der Waals surface area contributed by atoms with E-state index in [4.69, 9.17) is 5.11 Å². The van der Waals surface area contributed by atoms with Crippen LogP contribution >= 0.6 is 0 Å². The third-order valence-corrected chi connectivity index (χ3v) is 2.96. The van der Waals surface area contributed by atoms with Gasteiger partial charge in [-0.25, -0.2) is 0 Å². The Labute approximate surface area is 103 Å². The maximum atomic E-state index is 12.0. The second-order valence-electron chi connectivity index (χ2n) is 4.49. The van der Waals surface area contributed by atoms with Crippen LogP contribution < -0.4 is 10.1 Å². The van der Waals surface area contributed by atoms with Crippen molar-refractivity contribution in [2.24, 2.45) is 0 Å². The summed E-state index contributed by atoms with van der Waals surface area (Å²) in [4.78, 5) is 0. The molecular weight excluding hydrogens is 247 g/mol. The summed E-state index contributed by atoms with van der Waals surface area (Å²) in [5.74, 6) is -0.226. The summed E-state index contributed by atoms with van der Waals surface area (Å²) in [5, 5.41) is 12.2. The summed E-state index contributed by atoms with van der Waals surface area (Å²) >= 11 is 0. The molecule has 1 fully saturated rings. The van der Waals surface area contributed by atoms with Gasteiger partial charge in [0.1, 0.15) is 5.75 Å². The van der Waals surface area contributed by atoms with Gasteiger partial charge in [0.05, 0.1) is 6.61 Å². The Balaban J connectivity index is 1.95. The number of nitrogens with one attached hydrogen (secondary N) is 1. The molecule has 0 aromatic heterocycles. The number of ether oxygens (including phenoxy) is 1. The second-order valence-corrected chi connectivity index (χ2v) is 4.49. The van der Waals surface area contributed by atoms with E-state index < -0.39 is 6.36 Å². The van der Waals surface area contributed by atoms with Gasteiger partial charge in [-0.15, -0.1) is 13.2 Å². The van der Waals surface area contributed by atoms with Gasteiger partial charge < -0.3 is 15.2 Å². The average molecular weight is 261 g/mol. The highest BCUT2D eigenvalue weighted by molar-refractivity contribution is 5.29. The van der Waals surface area contributed by atoms with Crippen molar-refractivity contribution in [2.75, 3.05) is 6.61 Å². The van der Waals surface area contributed by atoms with E-state index in [0.29, 0.717) is 12.1 Å². The number of hydrogen-bond donors (Lipinski definition) is 2. The third kappa shape index (κ3) is 3.61. The third-order valence-electron chi connectivity index (χ3n) is 2.96. The Bertz CT molecular complexity index is 416. The molecule has 1 aromatic carbocycles. The van der Waals surface area contributed by atoms with Crippen LogP contribution in [0.1, 0.15) is 18.4 Å². The van der Waals surface area contributed by atoms with Crippen LogP contribution in [0.3, 0.4) is 0 Å². The molecule has 0 atom stereocenters. The minimum absolute atomic E-state index is 0.0474. The molecule has 1 aromatic rings. The highest BCUT2D eigenvalue weighted by Crippen LogP contribution is 2.35. The zero-order valence-corrected chi connectivity index (χ0v) is 9.63. The van der Waals surface area contributed by atoms with Gasteiger partial charge in [0, 0.05) is 12.1 Å². The molecule has 0 saturated heterocycles. The first-order valence-corrected chi connectivity index (χ1v) is 5.63. The molecule has 1 aliphatic rings. The van der Waals surface area contributed by atoms with Crippen LogP contribution in [0, 0.1) is 0 Å². The molecule has 2 rings (SSSR count). The molecule has 0 heterocycles. The first-order valence-electron chi connectivity index (χ1n) is 5.63. The van der Waals surface area contributed by atoms with E-state index in [0.717, 1.165) is 12.8 Å². The first kappa shape index (κ1) is 13.2. The molecule has 0 radical (unpaired) electrons. The Morgan fingerprint density at radius 2 is 2.06 bits per heavy atom. The van der Waals surface area contributed by atoms with Crippen molar-refractivity contribution in [3.05, 3.63) is 29.8 Å². The molecule has 2 N–H and O–H groups in total. The van der Waals surface area contributed by atoms with Gasteiger partial charge in [-0.05, 0) is 30.5 Å². The SMILES string of the molecule is OCC1(NCc2cccc(OC(F)(F)F)c2)CC1. The molecule has 3 nitrogen and oxygen atoms in total. The van der Waals surface area contributed by atoms with E-state index in [1.54, 1.807) is 6.07 Å². The fraction of sp³-hybridized carbons (Fsp3) is 0.500. The van der Waals surface area contributed by atoms with Gasteiger partial charge in [-0.3, -0.25) is 0 Å². The fourth-order valence-electron chi connectivity index (χ4n) is 1.68. The maximum absolute atomic E-state index is 12.0. The molecule has 100 valence electrons. The zero-order valence-electron chi connectivity index (χ0n) is 9.63. The number of alkyl halides is 3. The van der Waals surface area contributed by atoms with Crippen LogP contribution in [0.2, 0.25) is 0 Å². The van der Waals surface area contributed by atoms with Gasteiger partial charge in [0.15, 0.2) is 0 Å². The van der Waals surface area contributed by atoms with Gasteiger partial charge in [0.25, 0.3) is 0 Å². The van der Waals surface area contributed by atoms with Gasteiger partial charge >= 0.3 is 6.36 Å². The van der Waals surface area contributed by atoms with E-state index >= 15 is 0 Å². The van der Waals surface area contributed by atoms with Crippen molar-refractivity contribution in [3.63, 3.8) is 0 Å². The molecule has 18 heavy (non-hydrogen) atoms. The number of halogens is 3. The summed E-state index contributed by atoms with van der Waals surface area (Å²) in [6.07, 6.45) is -2.89. The Morgan fingerprint density at radius 1 is 1.33 bits per heavy atom. The summed E-state index contributed by atoms with van der Waals surface area (Å²) in [5.41, 5.74) is 0.456. The minimum Gasteiger partial charge on any atom is -0.406 e. The van der Waals surface area contributed by atoms with E-state index in [9.17, 15) is 13.2 Å². The van der Waals surface area contributed by atoms with E-state index in [-0.39, 0.29) is 17.9 Å². The zero-order chi connectivity index (χ0) is 13.2. The second kappa shape index (κ2) is 4.78. The summed E-state index contributed by atoms with van der Waals surface area (Å²) in [6.45, 7) is 0.460. The molecule has 1 saturated carbocycles. The lowest BCUT2D eigenvalue weighted by Crippen LogP contribution is -2.34. The van der Waals surface area contributed by atoms with Crippen LogP contribution in [-0.2, 0) is 6.54 Å². The minimum atomic E-state index is -4.67. The smallest absolute Gasteiger partial charge is 0.406 e. The largest absolute Gasteiger partial charge is 0.573 e. The Kier molecular flexibility index (Phi) is 3.49. The molecule has 0 unspecified atom stereocenters. The first-order chi connectivity index (χ1) is 8.42. The monoisotopic (exact) mass is 261 g/mol. The van der Waals surface area contributed by atoms with Gasteiger partial charge in [-0.1, -0.05) is 12.1 Å². The van der Waals surface area contributed by atoms with Crippen LogP contribution in [-0.4, -0.2) is 23.6 Å². The highest BCUT2D eigenvalue weighted by atomic mass is 19.4. The lowest BCUT2D eigenvalue weighted by molar-refractivity contribution is -0.274. The normalized spacial score (nSPS) is 17.6. The number of hydrogen-bond acceptors (Lipinski definition) is 3. The number of aliphatic hydroxyl groups is 1. The standard InChI is InChI=1S/C12H14F3NO2/c13-12(14,15)18-10-3-1-2-9(6-10)7-16-11(8-17)4-5-11/h1-3,6,16-17H,4-5,7-8H2. The quantitative estimate of drug-likeness (QED) is 0.853. The summed E-state index contributed by atoms with van der Waals surface area (Å²) in [6, 6.07) is 5.82. The van der Waals surface area contributed by atoms with Crippen molar-refractivity contribution in [2.45, 2.75) is 31.3 Å². The predicted octanol–water partition coefficient (Wildman–Crippen LogP) is 2.20. The van der Waals surface area contributed by atoms with Crippen LogP contribution in [0.5, 0.6) is 5.75 Å². The van der Waals surface area contributed by atoms with Crippen LogP contribution in [0.15, 0.2) is 24.3 Å². The predicted molar refractivity (Wildman–Crippen MR) is 59.0 cm³/mol. The molecule has 0 bridgehead atoms. The highest BCUT2D eigenvalue weighted by Gasteiger charge is 2.41. The average Bonchev–Trinajstić information content (AvgIpc) is 3.05. The van der Waals surface area contributed by atoms with E-state index in [2.05, 4.69) is 10.1 Å². The van der Waals surface area contributed by atoms with E-state index in [1.807, 2.05) is 0 Å². The molecule has 0 spiro atoms. The summed E-state index contributed by atoms with van der Waals surface area (Å²) < 4.78 is 40.0. The molecular formula is C12H14F3NO2. The van der Waals surface area contributed by atoms with Crippen LogP contribution in [0.4, 0.5) is 13.2 Å². The molecule has 0 amide bonds. The van der Waals surface area contributed by atoms with Gasteiger partial charge in [0.2, 0.25) is 0 Å². The van der Waals surface area contributed by atoms with Gasteiger partial charge in [-0.2, -0.15) is 0 Å².